The summed E-state index contributed by atoms with van der Waals surface area (Å²) in [7, 11) is 0. The number of nitrogens with one attached hydrogen (secondary N) is 1. The summed E-state index contributed by atoms with van der Waals surface area (Å²) in [5, 5.41) is 14.4. The average Bonchev–Trinajstić information content (AvgIpc) is 2.75. The third kappa shape index (κ3) is 3.03. The van der Waals surface area contributed by atoms with E-state index in [1.54, 1.807) is 11.3 Å². The van der Waals surface area contributed by atoms with Crippen LogP contribution in [0, 0.1) is 0 Å². The summed E-state index contributed by atoms with van der Waals surface area (Å²) in [5.41, 5.74) is 2.26. The molecule has 0 radical (unpaired) electrons. The highest BCUT2D eigenvalue weighted by molar-refractivity contribution is 7.17. The van der Waals surface area contributed by atoms with Crippen molar-refractivity contribution in [2.45, 2.75) is 32.4 Å². The molecule has 2 N–H and O–H groups in total. The van der Waals surface area contributed by atoms with Crippen molar-refractivity contribution in [2.75, 3.05) is 6.61 Å². The molecule has 0 spiro atoms. The lowest BCUT2D eigenvalue weighted by Gasteiger charge is -2.19. The number of aliphatic hydroxyl groups is 1. The van der Waals surface area contributed by atoms with Crippen LogP contribution in [0.2, 0.25) is 0 Å². The van der Waals surface area contributed by atoms with Crippen molar-refractivity contribution >= 4 is 21.6 Å². The van der Waals surface area contributed by atoms with E-state index < -0.39 is 0 Å². The van der Waals surface area contributed by atoms with E-state index in [2.05, 4.69) is 35.6 Å². The summed E-state index contributed by atoms with van der Waals surface area (Å²) in [6.45, 7) is 4.44. The zero-order valence-electron chi connectivity index (χ0n) is 10.2. The number of pyridine rings is 1. The van der Waals surface area contributed by atoms with E-state index in [1.165, 1.54) is 10.3 Å². The lowest BCUT2D eigenvalue weighted by molar-refractivity contribution is 0.264. The van der Waals surface area contributed by atoms with Crippen molar-refractivity contribution in [3.05, 3.63) is 29.3 Å². The lowest BCUT2D eigenvalue weighted by Crippen LogP contribution is -2.29. The number of hydrogen-bond donors (Lipinski definition) is 2. The first kappa shape index (κ1) is 12.5. The minimum absolute atomic E-state index is 0.225. The van der Waals surface area contributed by atoms with Crippen molar-refractivity contribution in [3.8, 4) is 0 Å². The zero-order chi connectivity index (χ0) is 12.3. The van der Waals surface area contributed by atoms with Gasteiger partial charge in [0.2, 0.25) is 0 Å². The summed E-state index contributed by atoms with van der Waals surface area (Å²) in [5.74, 6) is 0. The fourth-order valence-corrected chi connectivity index (χ4v) is 2.69. The molecule has 92 valence electrons. The Bertz CT molecular complexity index is 483. The van der Waals surface area contributed by atoms with Crippen molar-refractivity contribution in [1.82, 2.24) is 10.3 Å². The normalized spacial score (nSPS) is 15.0. The second-order valence-electron chi connectivity index (χ2n) is 4.37. The van der Waals surface area contributed by atoms with Gasteiger partial charge in [-0.3, -0.25) is 4.98 Å². The molecule has 0 saturated heterocycles. The Hall–Kier alpha value is -0.970. The fraction of sp³-hybridized carbons (Fsp3) is 0.462. The average molecular weight is 250 g/mol. The van der Waals surface area contributed by atoms with Gasteiger partial charge in [-0.05, 0) is 43.3 Å². The molecule has 0 aliphatic rings. The van der Waals surface area contributed by atoms with Crippen molar-refractivity contribution in [2.24, 2.45) is 0 Å². The predicted molar refractivity (Wildman–Crippen MR) is 72.3 cm³/mol. The molecular weight excluding hydrogens is 232 g/mol. The maximum Gasteiger partial charge on any atom is 0.0809 e. The van der Waals surface area contributed by atoms with Gasteiger partial charge in [-0.2, -0.15) is 0 Å². The van der Waals surface area contributed by atoms with Crippen LogP contribution in [0.15, 0.2) is 23.7 Å². The number of aromatic nitrogens is 1. The number of fused-ring (bicyclic) bond motifs is 1. The maximum atomic E-state index is 8.88. The minimum Gasteiger partial charge on any atom is -0.396 e. The van der Waals surface area contributed by atoms with Crippen LogP contribution < -0.4 is 5.32 Å². The van der Waals surface area contributed by atoms with Crippen LogP contribution in [0.1, 0.15) is 31.9 Å². The van der Waals surface area contributed by atoms with Crippen molar-refractivity contribution in [3.63, 3.8) is 0 Å². The zero-order valence-corrected chi connectivity index (χ0v) is 11.0. The smallest absolute Gasteiger partial charge is 0.0809 e. The molecule has 2 atom stereocenters. The van der Waals surface area contributed by atoms with Gasteiger partial charge in [0.25, 0.3) is 0 Å². The maximum absolute atomic E-state index is 8.88. The van der Waals surface area contributed by atoms with Crippen LogP contribution >= 0.6 is 11.3 Å². The first-order valence-corrected chi connectivity index (χ1v) is 6.78. The van der Waals surface area contributed by atoms with Crippen LogP contribution in [-0.2, 0) is 0 Å². The Kier molecular flexibility index (Phi) is 4.10. The second kappa shape index (κ2) is 5.58. The van der Waals surface area contributed by atoms with Crippen LogP contribution in [0.3, 0.4) is 0 Å². The van der Waals surface area contributed by atoms with Crippen molar-refractivity contribution in [1.29, 1.82) is 0 Å². The molecule has 2 aromatic rings. The Morgan fingerprint density at radius 2 is 2.29 bits per heavy atom. The van der Waals surface area contributed by atoms with Gasteiger partial charge in [-0.15, -0.1) is 11.3 Å². The molecule has 2 unspecified atom stereocenters. The standard InChI is InChI=1S/C13H18N2OS/c1-9(3-5-16)15-10(2)11-7-13-12(14-8-11)4-6-17-13/h4,6-10,15-16H,3,5H2,1-2H3. The molecule has 17 heavy (non-hydrogen) atoms. The van der Waals surface area contributed by atoms with Gasteiger partial charge in [0, 0.05) is 24.9 Å². The van der Waals surface area contributed by atoms with Gasteiger partial charge in [-0.25, -0.2) is 0 Å². The molecular formula is C13H18N2OS. The summed E-state index contributed by atoms with van der Waals surface area (Å²) >= 11 is 1.72. The van der Waals surface area contributed by atoms with Crippen LogP contribution in [0.5, 0.6) is 0 Å². The van der Waals surface area contributed by atoms with E-state index in [4.69, 9.17) is 5.11 Å². The topological polar surface area (TPSA) is 45.1 Å². The van der Waals surface area contributed by atoms with Crippen LogP contribution in [0.25, 0.3) is 10.2 Å². The van der Waals surface area contributed by atoms with E-state index in [9.17, 15) is 0 Å². The second-order valence-corrected chi connectivity index (χ2v) is 5.32. The lowest BCUT2D eigenvalue weighted by atomic mass is 10.1. The monoisotopic (exact) mass is 250 g/mol. The first-order valence-electron chi connectivity index (χ1n) is 5.90. The number of aliphatic hydroxyl groups excluding tert-OH is 1. The molecule has 0 fully saturated rings. The number of nitrogens with zero attached hydrogens (tertiary/aromatic N) is 1. The molecule has 3 nitrogen and oxygen atoms in total. The molecule has 0 bridgehead atoms. The minimum atomic E-state index is 0.225. The Labute approximate surface area is 106 Å². The molecule has 4 heteroatoms. The predicted octanol–water partition coefficient (Wildman–Crippen LogP) is 2.72. The summed E-state index contributed by atoms with van der Waals surface area (Å²) in [6.07, 6.45) is 2.71. The molecule has 0 aliphatic heterocycles. The highest BCUT2D eigenvalue weighted by atomic mass is 32.1. The van der Waals surface area contributed by atoms with Gasteiger partial charge >= 0.3 is 0 Å². The molecule has 2 rings (SSSR count). The van der Waals surface area contributed by atoms with Gasteiger partial charge in [0.05, 0.1) is 10.2 Å². The third-order valence-electron chi connectivity index (χ3n) is 2.92. The molecule has 0 saturated carbocycles. The van der Waals surface area contributed by atoms with E-state index >= 15 is 0 Å². The summed E-state index contributed by atoms with van der Waals surface area (Å²) in [6, 6.07) is 4.80. The highest BCUT2D eigenvalue weighted by Crippen LogP contribution is 2.22. The quantitative estimate of drug-likeness (QED) is 0.857. The van der Waals surface area contributed by atoms with Crippen LogP contribution in [-0.4, -0.2) is 22.7 Å². The largest absolute Gasteiger partial charge is 0.396 e. The third-order valence-corrected chi connectivity index (χ3v) is 3.77. The number of thiophene rings is 1. The van der Waals surface area contributed by atoms with Gasteiger partial charge in [0.15, 0.2) is 0 Å². The molecule has 2 aromatic heterocycles. The SMILES string of the molecule is CC(CCO)NC(C)c1cnc2ccsc2c1. The molecule has 0 aromatic carbocycles. The van der Waals surface area contributed by atoms with Crippen LogP contribution in [0.4, 0.5) is 0 Å². The number of hydrogen-bond acceptors (Lipinski definition) is 4. The first-order chi connectivity index (χ1) is 8.20. The Morgan fingerprint density at radius 1 is 1.47 bits per heavy atom. The van der Waals surface area contributed by atoms with Gasteiger partial charge in [0.1, 0.15) is 0 Å². The van der Waals surface area contributed by atoms with Gasteiger partial charge < -0.3 is 10.4 Å². The summed E-state index contributed by atoms with van der Waals surface area (Å²) < 4.78 is 1.23. The molecule has 2 heterocycles. The summed E-state index contributed by atoms with van der Waals surface area (Å²) in [4.78, 5) is 4.44. The fourth-order valence-electron chi connectivity index (χ4n) is 1.90. The number of rotatable bonds is 5. The van der Waals surface area contributed by atoms with E-state index in [-0.39, 0.29) is 12.6 Å². The Balaban J connectivity index is 2.09. The molecule has 0 amide bonds. The van der Waals surface area contributed by atoms with E-state index in [0.29, 0.717) is 6.04 Å². The van der Waals surface area contributed by atoms with E-state index in [0.717, 1.165) is 11.9 Å². The van der Waals surface area contributed by atoms with Crippen molar-refractivity contribution < 1.29 is 5.11 Å². The van der Waals surface area contributed by atoms with E-state index in [1.807, 2.05) is 12.3 Å². The van der Waals surface area contributed by atoms with Gasteiger partial charge in [-0.1, -0.05) is 0 Å². The highest BCUT2D eigenvalue weighted by Gasteiger charge is 2.10. The molecule has 0 aliphatic carbocycles. The Morgan fingerprint density at radius 3 is 3.06 bits per heavy atom.